The number of hydrogen-bond acceptors (Lipinski definition) is 2. The number of halogens is 3. The van der Waals surface area contributed by atoms with Gasteiger partial charge in [0, 0.05) is 5.69 Å². The van der Waals surface area contributed by atoms with Gasteiger partial charge in [-0.1, -0.05) is 30.3 Å². The van der Waals surface area contributed by atoms with Crippen LogP contribution in [0.25, 0.3) is 6.08 Å². The lowest BCUT2D eigenvalue weighted by Crippen LogP contribution is -2.15. The maximum Gasteiger partial charge on any atom is 0.416 e. The average molecular weight is 344 g/mol. The first-order valence-corrected chi connectivity index (χ1v) is 7.39. The first kappa shape index (κ1) is 18.3. The van der Waals surface area contributed by atoms with E-state index in [1.165, 1.54) is 18.2 Å². The third-order valence-corrected chi connectivity index (χ3v) is 3.63. The monoisotopic (exact) mass is 344 g/mol. The minimum absolute atomic E-state index is 0.192. The molecule has 0 aliphatic heterocycles. The van der Waals surface area contributed by atoms with E-state index in [0.717, 1.165) is 23.3 Å². The largest absolute Gasteiger partial charge is 0.416 e. The van der Waals surface area contributed by atoms with Crippen molar-refractivity contribution in [2.24, 2.45) is 0 Å². The molecule has 6 heteroatoms. The molecule has 0 bridgehead atoms. The van der Waals surface area contributed by atoms with E-state index in [2.05, 4.69) is 5.32 Å². The Morgan fingerprint density at radius 1 is 1.08 bits per heavy atom. The van der Waals surface area contributed by atoms with Crippen LogP contribution in [-0.4, -0.2) is 5.91 Å². The van der Waals surface area contributed by atoms with Crippen LogP contribution in [-0.2, 0) is 11.0 Å². The molecule has 1 amide bonds. The molecule has 0 saturated heterocycles. The molecule has 1 N–H and O–H groups in total. The van der Waals surface area contributed by atoms with Crippen molar-refractivity contribution in [3.05, 3.63) is 70.3 Å². The zero-order valence-corrected chi connectivity index (χ0v) is 13.6. The Morgan fingerprint density at radius 3 is 2.12 bits per heavy atom. The Morgan fingerprint density at radius 2 is 1.64 bits per heavy atom. The van der Waals surface area contributed by atoms with Gasteiger partial charge in [0.2, 0.25) is 0 Å². The summed E-state index contributed by atoms with van der Waals surface area (Å²) < 4.78 is 37.7. The van der Waals surface area contributed by atoms with Crippen molar-refractivity contribution in [1.29, 1.82) is 5.26 Å². The van der Waals surface area contributed by atoms with Gasteiger partial charge in [-0.15, -0.1) is 0 Å². The maximum atomic E-state index is 12.6. The maximum absolute atomic E-state index is 12.6. The molecule has 0 heterocycles. The summed E-state index contributed by atoms with van der Waals surface area (Å²) >= 11 is 0. The second-order valence-corrected chi connectivity index (χ2v) is 5.51. The molecule has 2 aromatic rings. The van der Waals surface area contributed by atoms with Crippen molar-refractivity contribution < 1.29 is 18.0 Å². The molecule has 0 saturated carbocycles. The van der Waals surface area contributed by atoms with Crippen LogP contribution in [0, 0.1) is 25.2 Å². The van der Waals surface area contributed by atoms with E-state index >= 15 is 0 Å². The molecule has 0 atom stereocenters. The quantitative estimate of drug-likeness (QED) is 0.638. The van der Waals surface area contributed by atoms with Crippen molar-refractivity contribution >= 4 is 17.7 Å². The zero-order chi connectivity index (χ0) is 18.6. The Balaban J connectivity index is 2.25. The standard InChI is InChI=1S/C19H15F3N2O/c1-12-4-3-5-13(2)17(12)24-18(25)15(11-23)10-14-6-8-16(9-7-14)19(20,21)22/h3-10H,1-2H3,(H,24,25)/b15-10+. The lowest BCUT2D eigenvalue weighted by atomic mass is 10.1. The SMILES string of the molecule is Cc1cccc(C)c1NC(=O)/C(C#N)=C/c1ccc(C(F)(F)F)cc1. The van der Waals surface area contributed by atoms with Crippen LogP contribution in [0.5, 0.6) is 0 Å². The van der Waals surface area contributed by atoms with Gasteiger partial charge < -0.3 is 5.32 Å². The van der Waals surface area contributed by atoms with Crippen molar-refractivity contribution in [3.63, 3.8) is 0 Å². The fraction of sp³-hybridized carbons (Fsp3) is 0.158. The summed E-state index contributed by atoms with van der Waals surface area (Å²) in [5, 5.41) is 11.9. The topological polar surface area (TPSA) is 52.9 Å². The van der Waals surface area contributed by atoms with E-state index in [1.54, 1.807) is 6.07 Å². The predicted octanol–water partition coefficient (Wildman–Crippen LogP) is 4.87. The van der Waals surface area contributed by atoms with Crippen LogP contribution in [0.2, 0.25) is 0 Å². The lowest BCUT2D eigenvalue weighted by molar-refractivity contribution is -0.137. The number of nitriles is 1. The molecular weight excluding hydrogens is 329 g/mol. The van der Waals surface area contributed by atoms with Gasteiger partial charge in [0.05, 0.1) is 5.56 Å². The lowest BCUT2D eigenvalue weighted by Gasteiger charge is -2.11. The number of nitrogens with zero attached hydrogens (tertiary/aromatic N) is 1. The number of nitrogens with one attached hydrogen (secondary N) is 1. The Kier molecular flexibility index (Phi) is 5.28. The predicted molar refractivity (Wildman–Crippen MR) is 89.6 cm³/mol. The van der Waals surface area contributed by atoms with Gasteiger partial charge in [-0.05, 0) is 48.7 Å². The number of alkyl halides is 3. The van der Waals surface area contributed by atoms with Crippen LogP contribution in [0.3, 0.4) is 0 Å². The van der Waals surface area contributed by atoms with Crippen molar-refractivity contribution in [2.45, 2.75) is 20.0 Å². The molecule has 2 rings (SSSR count). The van der Waals surface area contributed by atoms with Crippen LogP contribution < -0.4 is 5.32 Å². The number of carbonyl (C=O) groups is 1. The van der Waals surface area contributed by atoms with E-state index in [1.807, 2.05) is 32.0 Å². The molecule has 3 nitrogen and oxygen atoms in total. The summed E-state index contributed by atoms with van der Waals surface area (Å²) in [6.45, 7) is 3.66. The van der Waals surface area contributed by atoms with Gasteiger partial charge in [-0.2, -0.15) is 18.4 Å². The summed E-state index contributed by atoms with van der Waals surface area (Å²) in [4.78, 5) is 12.3. The van der Waals surface area contributed by atoms with Crippen LogP contribution in [0.15, 0.2) is 48.0 Å². The number of para-hydroxylation sites is 1. The van der Waals surface area contributed by atoms with Crippen molar-refractivity contribution in [2.75, 3.05) is 5.32 Å². The molecule has 25 heavy (non-hydrogen) atoms. The second-order valence-electron chi connectivity index (χ2n) is 5.51. The van der Waals surface area contributed by atoms with E-state index < -0.39 is 17.6 Å². The number of hydrogen-bond donors (Lipinski definition) is 1. The molecule has 0 unspecified atom stereocenters. The summed E-state index contributed by atoms with van der Waals surface area (Å²) in [7, 11) is 0. The highest BCUT2D eigenvalue weighted by atomic mass is 19.4. The van der Waals surface area contributed by atoms with E-state index in [9.17, 15) is 23.2 Å². The van der Waals surface area contributed by atoms with Crippen LogP contribution in [0.4, 0.5) is 18.9 Å². The number of rotatable bonds is 3. The summed E-state index contributed by atoms with van der Waals surface area (Å²) in [6.07, 6.45) is -3.18. The van der Waals surface area contributed by atoms with Gasteiger partial charge in [0.1, 0.15) is 11.6 Å². The normalized spacial score (nSPS) is 11.8. The number of anilines is 1. The fourth-order valence-electron chi connectivity index (χ4n) is 2.28. The van der Waals surface area contributed by atoms with Crippen LogP contribution >= 0.6 is 0 Å². The van der Waals surface area contributed by atoms with E-state index in [4.69, 9.17) is 0 Å². The zero-order valence-electron chi connectivity index (χ0n) is 13.6. The second kappa shape index (κ2) is 7.22. The van der Waals surface area contributed by atoms with Gasteiger partial charge in [-0.25, -0.2) is 0 Å². The Bertz CT molecular complexity index is 839. The summed E-state index contributed by atoms with van der Waals surface area (Å²) in [5.41, 5.74) is 1.66. The first-order valence-electron chi connectivity index (χ1n) is 7.39. The molecule has 0 fully saturated rings. The molecule has 0 aromatic heterocycles. The van der Waals surface area contributed by atoms with E-state index in [0.29, 0.717) is 11.3 Å². The Hall–Kier alpha value is -3.07. The third kappa shape index (κ3) is 4.48. The van der Waals surface area contributed by atoms with Gasteiger partial charge in [0.15, 0.2) is 0 Å². The first-order chi connectivity index (χ1) is 11.7. The third-order valence-electron chi connectivity index (χ3n) is 3.63. The van der Waals surface area contributed by atoms with Crippen LogP contribution in [0.1, 0.15) is 22.3 Å². The number of carbonyl (C=O) groups excluding carboxylic acids is 1. The fourth-order valence-corrected chi connectivity index (χ4v) is 2.28. The van der Waals surface area contributed by atoms with Crippen molar-refractivity contribution in [3.8, 4) is 6.07 Å². The van der Waals surface area contributed by atoms with Gasteiger partial charge >= 0.3 is 6.18 Å². The van der Waals surface area contributed by atoms with Gasteiger partial charge in [-0.3, -0.25) is 4.79 Å². The highest BCUT2D eigenvalue weighted by Gasteiger charge is 2.29. The average Bonchev–Trinajstić information content (AvgIpc) is 2.55. The molecule has 0 radical (unpaired) electrons. The van der Waals surface area contributed by atoms with Crippen molar-refractivity contribution in [1.82, 2.24) is 0 Å². The molecular formula is C19H15F3N2O. The number of benzene rings is 2. The summed E-state index contributed by atoms with van der Waals surface area (Å²) in [5.74, 6) is -0.611. The molecule has 128 valence electrons. The van der Waals surface area contributed by atoms with E-state index in [-0.39, 0.29) is 5.57 Å². The smallest absolute Gasteiger partial charge is 0.321 e. The minimum Gasteiger partial charge on any atom is -0.321 e. The molecule has 2 aromatic carbocycles. The minimum atomic E-state index is -4.43. The highest BCUT2D eigenvalue weighted by molar-refractivity contribution is 6.10. The highest BCUT2D eigenvalue weighted by Crippen LogP contribution is 2.29. The number of amides is 1. The molecule has 0 aliphatic rings. The van der Waals surface area contributed by atoms with Gasteiger partial charge in [0.25, 0.3) is 5.91 Å². The molecule has 0 aliphatic carbocycles. The number of aryl methyl sites for hydroxylation is 2. The summed E-state index contributed by atoms with van der Waals surface area (Å²) in [6, 6.07) is 11.5. The molecule has 0 spiro atoms. The Labute approximate surface area is 143 Å².